The van der Waals surface area contributed by atoms with Gasteiger partial charge in [-0.1, -0.05) is 11.8 Å². The molecule has 8 nitrogen and oxygen atoms in total. The van der Waals surface area contributed by atoms with Gasteiger partial charge in [0.25, 0.3) is 0 Å². The Morgan fingerprint density at radius 2 is 2.05 bits per heavy atom. The predicted molar refractivity (Wildman–Crippen MR) is 62.5 cm³/mol. The summed E-state index contributed by atoms with van der Waals surface area (Å²) in [6.07, 6.45) is -2.17. The minimum Gasteiger partial charge on any atom is -0.469 e. The van der Waals surface area contributed by atoms with Crippen molar-refractivity contribution < 1.29 is 33.8 Å². The molecule has 1 amide bonds. The van der Waals surface area contributed by atoms with Crippen molar-refractivity contribution in [1.29, 1.82) is 0 Å². The number of β-lactam (4-membered cyclic amide) rings is 1. The summed E-state index contributed by atoms with van der Waals surface area (Å²) in [5, 5.41) is 8.34. The van der Waals surface area contributed by atoms with Crippen LogP contribution in [0.4, 0.5) is 0 Å². The van der Waals surface area contributed by atoms with Gasteiger partial charge in [-0.15, -0.1) is 0 Å². The standard InChI is InChI=1S/C10H13NO7S/c1-17-7(13)4-8(14)19-6-3-5(12)11(6)9(15)10(16)18-2/h6,9,15H,3-4H2,1-2H3/t6-,9?/m1/s1. The molecule has 0 aliphatic carbocycles. The summed E-state index contributed by atoms with van der Waals surface area (Å²) in [6.45, 7) is 0. The van der Waals surface area contributed by atoms with Crippen LogP contribution >= 0.6 is 11.8 Å². The minimum atomic E-state index is -1.74. The first-order valence-electron chi connectivity index (χ1n) is 5.24. The summed E-state index contributed by atoms with van der Waals surface area (Å²) in [5.41, 5.74) is 0. The monoisotopic (exact) mass is 291 g/mol. The molecule has 0 aromatic heterocycles. The van der Waals surface area contributed by atoms with Crippen LogP contribution in [-0.2, 0) is 28.7 Å². The molecule has 0 bridgehead atoms. The van der Waals surface area contributed by atoms with Crippen LogP contribution in [0.3, 0.4) is 0 Å². The van der Waals surface area contributed by atoms with Crippen molar-refractivity contribution in [2.45, 2.75) is 24.4 Å². The zero-order chi connectivity index (χ0) is 14.6. The van der Waals surface area contributed by atoms with E-state index in [0.717, 1.165) is 19.1 Å². The van der Waals surface area contributed by atoms with E-state index in [0.29, 0.717) is 11.8 Å². The Bertz CT molecular complexity index is 411. The summed E-state index contributed by atoms with van der Waals surface area (Å²) in [5.74, 6) is -2.15. The number of hydrogen-bond donors (Lipinski definition) is 1. The highest BCUT2D eigenvalue weighted by Crippen LogP contribution is 2.32. The molecule has 106 valence electrons. The van der Waals surface area contributed by atoms with Crippen LogP contribution in [0, 0.1) is 0 Å². The average molecular weight is 291 g/mol. The maximum absolute atomic E-state index is 11.5. The number of hydrogen-bond acceptors (Lipinski definition) is 8. The van der Waals surface area contributed by atoms with Gasteiger partial charge >= 0.3 is 11.9 Å². The molecule has 0 spiro atoms. The van der Waals surface area contributed by atoms with Crippen LogP contribution in [-0.4, -0.2) is 58.8 Å². The number of aliphatic hydroxyl groups is 1. The summed E-state index contributed by atoms with van der Waals surface area (Å²) in [7, 11) is 2.22. The Morgan fingerprint density at radius 1 is 1.42 bits per heavy atom. The molecule has 1 aliphatic heterocycles. The number of ether oxygens (including phenoxy) is 2. The molecule has 1 aliphatic rings. The molecule has 0 aromatic carbocycles. The zero-order valence-corrected chi connectivity index (χ0v) is 11.1. The third-order valence-electron chi connectivity index (χ3n) is 2.41. The van der Waals surface area contributed by atoms with Gasteiger partial charge in [-0.3, -0.25) is 19.3 Å². The quantitative estimate of drug-likeness (QED) is 0.384. The average Bonchev–Trinajstić information content (AvgIpc) is 2.36. The van der Waals surface area contributed by atoms with Gasteiger partial charge in [-0.25, -0.2) is 4.79 Å². The lowest BCUT2D eigenvalue weighted by molar-refractivity contribution is -0.176. The normalized spacial score (nSPS) is 19.4. The molecular weight excluding hydrogens is 278 g/mol. The second-order valence-electron chi connectivity index (χ2n) is 3.60. The smallest absolute Gasteiger partial charge is 0.356 e. The van der Waals surface area contributed by atoms with Crippen LogP contribution in [0.1, 0.15) is 12.8 Å². The van der Waals surface area contributed by atoms with Crippen molar-refractivity contribution in [1.82, 2.24) is 4.90 Å². The molecule has 19 heavy (non-hydrogen) atoms. The van der Waals surface area contributed by atoms with Crippen LogP contribution < -0.4 is 0 Å². The summed E-state index contributed by atoms with van der Waals surface area (Å²) < 4.78 is 8.63. The highest BCUT2D eigenvalue weighted by molar-refractivity contribution is 8.14. The fourth-order valence-electron chi connectivity index (χ4n) is 1.40. The molecule has 1 rings (SSSR count). The molecule has 0 radical (unpaired) electrons. The number of carbonyl (C=O) groups excluding carboxylic acids is 4. The number of thioether (sulfide) groups is 1. The van der Waals surface area contributed by atoms with Crippen LogP contribution in [0.25, 0.3) is 0 Å². The van der Waals surface area contributed by atoms with E-state index in [9.17, 15) is 24.3 Å². The topological polar surface area (TPSA) is 110 Å². The Hall–Kier alpha value is -1.61. The van der Waals surface area contributed by atoms with Gasteiger partial charge in [-0.2, -0.15) is 0 Å². The molecule has 1 heterocycles. The minimum absolute atomic E-state index is 0.00559. The lowest BCUT2D eigenvalue weighted by Crippen LogP contribution is -2.59. The molecule has 1 N–H and O–H groups in total. The Labute approximate surface area is 113 Å². The molecular formula is C10H13NO7S. The molecule has 1 unspecified atom stereocenters. The SMILES string of the molecule is COC(=O)CC(=O)S[C@@H]1CC(=O)N1C(O)C(=O)OC. The van der Waals surface area contributed by atoms with Crippen molar-refractivity contribution in [2.75, 3.05) is 14.2 Å². The van der Waals surface area contributed by atoms with E-state index in [1.54, 1.807) is 0 Å². The third-order valence-corrected chi connectivity index (χ3v) is 3.48. The highest BCUT2D eigenvalue weighted by Gasteiger charge is 2.45. The molecule has 2 atom stereocenters. The number of likely N-dealkylation sites (tertiary alicyclic amines) is 1. The lowest BCUT2D eigenvalue weighted by atomic mass is 10.2. The van der Waals surface area contributed by atoms with Gasteiger partial charge in [0.2, 0.25) is 17.3 Å². The van der Waals surface area contributed by atoms with E-state index in [1.165, 1.54) is 0 Å². The Kier molecular flexibility index (Phi) is 5.31. The number of amides is 1. The third kappa shape index (κ3) is 3.67. The first-order chi connectivity index (χ1) is 8.90. The number of esters is 2. The number of rotatable bonds is 5. The van der Waals surface area contributed by atoms with E-state index >= 15 is 0 Å². The molecule has 0 saturated carbocycles. The van der Waals surface area contributed by atoms with E-state index in [-0.39, 0.29) is 6.42 Å². The summed E-state index contributed by atoms with van der Waals surface area (Å²) in [4.78, 5) is 45.6. The Balaban J connectivity index is 2.55. The summed E-state index contributed by atoms with van der Waals surface area (Å²) in [6, 6.07) is 0. The maximum atomic E-state index is 11.5. The second kappa shape index (κ2) is 6.53. The van der Waals surface area contributed by atoms with E-state index < -0.39 is 41.0 Å². The largest absolute Gasteiger partial charge is 0.469 e. The molecule has 1 saturated heterocycles. The van der Waals surface area contributed by atoms with Crippen molar-refractivity contribution in [3.05, 3.63) is 0 Å². The van der Waals surface area contributed by atoms with E-state index in [2.05, 4.69) is 9.47 Å². The van der Waals surface area contributed by atoms with Gasteiger partial charge in [0.05, 0.1) is 26.0 Å². The lowest BCUT2D eigenvalue weighted by Gasteiger charge is -2.40. The van der Waals surface area contributed by atoms with Crippen molar-refractivity contribution in [3.8, 4) is 0 Å². The first-order valence-corrected chi connectivity index (χ1v) is 6.12. The second-order valence-corrected chi connectivity index (χ2v) is 4.83. The van der Waals surface area contributed by atoms with Gasteiger partial charge in [0, 0.05) is 0 Å². The van der Waals surface area contributed by atoms with Gasteiger partial charge < -0.3 is 14.6 Å². The van der Waals surface area contributed by atoms with Gasteiger partial charge in [-0.05, 0) is 0 Å². The fraction of sp³-hybridized carbons (Fsp3) is 0.600. The molecule has 0 aromatic rings. The first kappa shape index (κ1) is 15.4. The number of carbonyl (C=O) groups is 4. The van der Waals surface area contributed by atoms with E-state index in [1.807, 2.05) is 0 Å². The summed E-state index contributed by atoms with van der Waals surface area (Å²) >= 11 is 0.696. The highest BCUT2D eigenvalue weighted by atomic mass is 32.2. The number of methoxy groups -OCH3 is 2. The van der Waals surface area contributed by atoms with Gasteiger partial charge in [0.15, 0.2) is 0 Å². The van der Waals surface area contributed by atoms with Crippen molar-refractivity contribution in [3.63, 3.8) is 0 Å². The van der Waals surface area contributed by atoms with Gasteiger partial charge in [0.1, 0.15) is 6.42 Å². The van der Waals surface area contributed by atoms with E-state index in [4.69, 9.17) is 0 Å². The fourth-order valence-corrected chi connectivity index (χ4v) is 2.47. The predicted octanol–water partition coefficient (Wildman–Crippen LogP) is -1.14. The Morgan fingerprint density at radius 3 is 2.53 bits per heavy atom. The van der Waals surface area contributed by atoms with Crippen molar-refractivity contribution in [2.24, 2.45) is 0 Å². The van der Waals surface area contributed by atoms with Crippen LogP contribution in [0.2, 0.25) is 0 Å². The van der Waals surface area contributed by atoms with Crippen LogP contribution in [0.15, 0.2) is 0 Å². The molecule has 9 heteroatoms. The van der Waals surface area contributed by atoms with Crippen LogP contribution in [0.5, 0.6) is 0 Å². The number of aliphatic hydroxyl groups excluding tert-OH is 1. The number of nitrogens with zero attached hydrogens (tertiary/aromatic N) is 1. The zero-order valence-electron chi connectivity index (χ0n) is 10.3. The maximum Gasteiger partial charge on any atom is 0.356 e. The molecule has 1 fully saturated rings. The van der Waals surface area contributed by atoms with Crippen molar-refractivity contribution >= 4 is 34.7 Å².